The van der Waals surface area contributed by atoms with E-state index in [1.54, 1.807) is 0 Å². The van der Waals surface area contributed by atoms with E-state index >= 15 is 4.39 Å². The van der Waals surface area contributed by atoms with E-state index in [2.05, 4.69) is 20.4 Å². The summed E-state index contributed by atoms with van der Waals surface area (Å²) in [4.78, 5) is 13.9. The second kappa shape index (κ2) is 9.86. The molecule has 38 heavy (non-hydrogen) atoms. The van der Waals surface area contributed by atoms with Crippen molar-refractivity contribution in [2.45, 2.75) is 49.9 Å². The fourth-order valence-corrected chi connectivity index (χ4v) is 5.58. The van der Waals surface area contributed by atoms with E-state index in [1.165, 1.54) is 0 Å². The molecule has 0 unspecified atom stereocenters. The first kappa shape index (κ1) is 25.1. The highest BCUT2D eigenvalue weighted by Crippen LogP contribution is 2.41. The Kier molecular flexibility index (Phi) is 6.52. The molecule has 13 heteroatoms. The van der Waals surface area contributed by atoms with Crippen LogP contribution in [0.4, 0.5) is 22.7 Å². The molecule has 4 heterocycles. The van der Waals surface area contributed by atoms with Crippen molar-refractivity contribution in [1.82, 2.24) is 24.7 Å². The Morgan fingerprint density at radius 1 is 1.16 bits per heavy atom. The predicted octanol–water partition coefficient (Wildman–Crippen LogP) is 5.48. The van der Waals surface area contributed by atoms with Gasteiger partial charge in [0.15, 0.2) is 10.8 Å². The summed E-state index contributed by atoms with van der Waals surface area (Å²) in [7, 11) is 0. The molecule has 2 atom stereocenters. The van der Waals surface area contributed by atoms with Crippen molar-refractivity contribution in [1.29, 1.82) is 0 Å². The second-order valence-electron chi connectivity index (χ2n) is 9.51. The van der Waals surface area contributed by atoms with Crippen LogP contribution in [0.3, 0.4) is 0 Å². The molecule has 2 fully saturated rings. The summed E-state index contributed by atoms with van der Waals surface area (Å²) in [6.07, 6.45) is 2.41. The van der Waals surface area contributed by atoms with E-state index < -0.39 is 17.6 Å². The molecule has 1 aromatic carbocycles. The lowest BCUT2D eigenvalue weighted by molar-refractivity contribution is -0.137. The van der Waals surface area contributed by atoms with Gasteiger partial charge < -0.3 is 15.2 Å². The molecule has 1 aliphatic heterocycles. The monoisotopic (exact) mass is 548 g/mol. The molecule has 1 saturated carbocycles. The molecule has 8 nitrogen and oxygen atoms in total. The summed E-state index contributed by atoms with van der Waals surface area (Å²) in [5.74, 6) is -0.718. The molecular formula is C25H24F4N6O2S. The maximum atomic E-state index is 15.1. The Morgan fingerprint density at radius 3 is 2.74 bits per heavy atom. The number of halogens is 4. The van der Waals surface area contributed by atoms with E-state index in [4.69, 9.17) is 14.8 Å². The number of thiazole rings is 1. The van der Waals surface area contributed by atoms with Crippen molar-refractivity contribution in [2.24, 2.45) is 0 Å². The van der Waals surface area contributed by atoms with Gasteiger partial charge in [-0.15, -0.1) is 0 Å². The normalized spacial score (nSPS) is 20.2. The minimum absolute atomic E-state index is 0.0571. The number of benzene rings is 1. The predicted molar refractivity (Wildman–Crippen MR) is 132 cm³/mol. The van der Waals surface area contributed by atoms with Crippen LogP contribution in [-0.4, -0.2) is 49.6 Å². The molecule has 0 bridgehead atoms. The number of ether oxygens (including phenoxy) is 1. The summed E-state index contributed by atoms with van der Waals surface area (Å²) in [6.45, 7) is 0.601. The molecular weight excluding hydrogens is 524 g/mol. The summed E-state index contributed by atoms with van der Waals surface area (Å²) >= 11 is 1.16. The highest BCUT2D eigenvalue weighted by atomic mass is 32.1. The number of alkyl halides is 3. The van der Waals surface area contributed by atoms with Crippen molar-refractivity contribution in [2.75, 3.05) is 25.1 Å². The van der Waals surface area contributed by atoms with Gasteiger partial charge in [0, 0.05) is 36.4 Å². The number of hydrogen-bond donors (Lipinski definition) is 2. The van der Waals surface area contributed by atoms with Crippen LogP contribution in [0.1, 0.15) is 60.7 Å². The highest BCUT2D eigenvalue weighted by Gasteiger charge is 2.33. The van der Waals surface area contributed by atoms with Crippen LogP contribution in [0.25, 0.3) is 21.6 Å². The molecule has 6 rings (SSSR count). The van der Waals surface area contributed by atoms with E-state index in [-0.39, 0.29) is 36.4 Å². The lowest BCUT2D eigenvalue weighted by atomic mass is 9.92. The van der Waals surface area contributed by atoms with Gasteiger partial charge in [-0.2, -0.15) is 23.3 Å². The van der Waals surface area contributed by atoms with Gasteiger partial charge in [0.1, 0.15) is 16.3 Å². The number of aromatic nitrogens is 5. The molecule has 1 aliphatic carbocycles. The minimum Gasteiger partial charge on any atom is -0.395 e. The van der Waals surface area contributed by atoms with Crippen LogP contribution < -0.4 is 5.32 Å². The summed E-state index contributed by atoms with van der Waals surface area (Å²) < 4.78 is 63.0. The van der Waals surface area contributed by atoms with E-state index in [0.29, 0.717) is 52.9 Å². The lowest BCUT2D eigenvalue weighted by Gasteiger charge is -2.28. The van der Waals surface area contributed by atoms with Gasteiger partial charge >= 0.3 is 6.18 Å². The van der Waals surface area contributed by atoms with Crippen LogP contribution in [0.2, 0.25) is 0 Å². The molecule has 0 spiro atoms. The number of nitrogens with one attached hydrogen (secondary N) is 1. The van der Waals surface area contributed by atoms with Gasteiger partial charge in [-0.1, -0.05) is 11.3 Å². The van der Waals surface area contributed by atoms with Crippen LogP contribution >= 0.6 is 11.3 Å². The van der Waals surface area contributed by atoms with Gasteiger partial charge in [-0.05, 0) is 43.9 Å². The van der Waals surface area contributed by atoms with Gasteiger partial charge in [-0.3, -0.25) is 4.68 Å². The highest BCUT2D eigenvalue weighted by molar-refractivity contribution is 7.22. The Hall–Kier alpha value is -3.16. The molecule has 2 N–H and O–H groups in total. The van der Waals surface area contributed by atoms with E-state index in [9.17, 15) is 13.2 Å². The summed E-state index contributed by atoms with van der Waals surface area (Å²) in [6, 6.07) is 2.88. The summed E-state index contributed by atoms with van der Waals surface area (Å²) in [5.41, 5.74) is 0.353. The quantitative estimate of drug-likeness (QED) is 0.295. The zero-order chi connectivity index (χ0) is 26.4. The molecule has 3 aromatic heterocycles. The third kappa shape index (κ3) is 4.97. The smallest absolute Gasteiger partial charge is 0.395 e. The number of hydrogen-bond acceptors (Lipinski definition) is 8. The van der Waals surface area contributed by atoms with Crippen LogP contribution in [0.15, 0.2) is 30.6 Å². The van der Waals surface area contributed by atoms with Crippen LogP contribution in [0.5, 0.6) is 0 Å². The third-order valence-electron chi connectivity index (χ3n) is 6.77. The second-order valence-corrected chi connectivity index (χ2v) is 10.5. The lowest BCUT2D eigenvalue weighted by Crippen LogP contribution is -2.20. The number of aliphatic hydroxyl groups is 1. The maximum absolute atomic E-state index is 15.1. The number of rotatable bonds is 7. The first-order chi connectivity index (χ1) is 18.3. The van der Waals surface area contributed by atoms with Crippen molar-refractivity contribution >= 4 is 26.8 Å². The molecule has 4 aromatic rings. The van der Waals surface area contributed by atoms with Crippen molar-refractivity contribution in [3.8, 4) is 11.3 Å². The summed E-state index contributed by atoms with van der Waals surface area (Å²) in [5, 5.41) is 17.0. The minimum atomic E-state index is -4.66. The van der Waals surface area contributed by atoms with Gasteiger partial charge in [0.25, 0.3) is 0 Å². The molecule has 2 aliphatic rings. The molecule has 200 valence electrons. The Balaban J connectivity index is 1.38. The van der Waals surface area contributed by atoms with Crippen LogP contribution in [0, 0.1) is 5.82 Å². The number of nitrogens with zero attached hydrogens (tertiary/aromatic N) is 5. The number of aliphatic hydroxyl groups excluding tert-OH is 1. The Morgan fingerprint density at radius 2 is 2.00 bits per heavy atom. The molecule has 0 radical (unpaired) electrons. The van der Waals surface area contributed by atoms with Crippen molar-refractivity contribution < 1.29 is 27.4 Å². The largest absolute Gasteiger partial charge is 0.416 e. The van der Waals surface area contributed by atoms with Gasteiger partial charge in [0.2, 0.25) is 0 Å². The average molecular weight is 549 g/mol. The van der Waals surface area contributed by atoms with Crippen molar-refractivity contribution in [3.63, 3.8) is 0 Å². The zero-order valence-electron chi connectivity index (χ0n) is 20.1. The topological polar surface area (TPSA) is 98.0 Å². The Bertz CT molecular complexity index is 1470. The van der Waals surface area contributed by atoms with Gasteiger partial charge in [0.05, 0.1) is 36.2 Å². The van der Waals surface area contributed by atoms with E-state index in [0.717, 1.165) is 41.9 Å². The third-order valence-corrected chi connectivity index (χ3v) is 7.78. The fourth-order valence-electron chi connectivity index (χ4n) is 4.65. The number of fused-ring (bicyclic) bond motifs is 1. The first-order valence-corrected chi connectivity index (χ1v) is 13.2. The fraction of sp³-hybridized carbons (Fsp3) is 0.440. The standard InChI is InChI=1S/C25H24F4N6O2S/c26-18-10-15(25(27,28)29)1-4-17(18)20-21-23(34-24(38-21)30-6-7-36)33-22(32-20)13-5-8-37-19(9-13)14-11-31-35(12-14)16-2-3-16/h1,4,10-13,16,19,36H,2-3,5-9H2,(H,30,32,33,34)/t13-,19-/m0/s1. The van der Waals surface area contributed by atoms with Gasteiger partial charge in [-0.25, -0.2) is 14.4 Å². The van der Waals surface area contributed by atoms with Crippen molar-refractivity contribution in [3.05, 3.63) is 53.4 Å². The number of anilines is 1. The van der Waals surface area contributed by atoms with E-state index in [1.807, 2.05) is 17.1 Å². The van der Waals surface area contributed by atoms with Crippen LogP contribution in [-0.2, 0) is 10.9 Å². The Labute approximate surface area is 218 Å². The molecule has 0 amide bonds. The first-order valence-electron chi connectivity index (χ1n) is 12.4. The molecule has 1 saturated heterocycles. The zero-order valence-corrected chi connectivity index (χ0v) is 20.9. The average Bonchev–Trinajstić information content (AvgIpc) is 3.47. The maximum Gasteiger partial charge on any atom is 0.416 e. The SMILES string of the molecule is OCCNc1nc2nc([C@H]3CCO[C@H](c4cnn(C5CC5)c4)C3)nc(-c3ccc(C(F)(F)F)cc3F)c2s1.